The first-order valence-electron chi connectivity index (χ1n) is 9.72. The van der Waals surface area contributed by atoms with Gasteiger partial charge in [0.15, 0.2) is 0 Å². The minimum absolute atomic E-state index is 0.399. The van der Waals surface area contributed by atoms with Crippen molar-refractivity contribution in [3.05, 3.63) is 30.0 Å². The van der Waals surface area contributed by atoms with Gasteiger partial charge in [0.1, 0.15) is 0 Å². The fraction of sp³-hybridized carbons (Fsp3) is 0.667. The molecule has 2 aromatic rings. The van der Waals surface area contributed by atoms with Crippen molar-refractivity contribution in [2.24, 2.45) is 24.8 Å². The molecule has 0 amide bonds. The van der Waals surface area contributed by atoms with Crippen molar-refractivity contribution in [3.8, 4) is 0 Å². The predicted molar refractivity (Wildman–Crippen MR) is 103 cm³/mol. The van der Waals surface area contributed by atoms with Crippen LogP contribution in [0.4, 0.5) is 0 Å². The summed E-state index contributed by atoms with van der Waals surface area (Å²) in [4.78, 5) is 0. The lowest BCUT2D eigenvalue weighted by molar-refractivity contribution is -0.0240. The molecule has 4 heteroatoms. The Kier molecular flexibility index (Phi) is 5.49. The van der Waals surface area contributed by atoms with Gasteiger partial charge in [-0.15, -0.1) is 0 Å². The Labute approximate surface area is 151 Å². The quantitative estimate of drug-likeness (QED) is 0.837. The van der Waals surface area contributed by atoms with Crippen LogP contribution in [0.5, 0.6) is 0 Å². The van der Waals surface area contributed by atoms with E-state index in [-0.39, 0.29) is 0 Å². The molecule has 1 unspecified atom stereocenters. The highest BCUT2D eigenvalue weighted by atomic mass is 16.3. The summed E-state index contributed by atoms with van der Waals surface area (Å²) in [5, 5.41) is 20.2. The van der Waals surface area contributed by atoms with Crippen LogP contribution in [0.1, 0.15) is 52.1 Å². The molecule has 1 aromatic heterocycles. The number of aliphatic hydroxyl groups is 1. The van der Waals surface area contributed by atoms with Gasteiger partial charge in [-0.25, -0.2) is 0 Å². The average Bonchev–Trinajstić information content (AvgIpc) is 2.91. The molecule has 1 saturated carbocycles. The van der Waals surface area contributed by atoms with Crippen molar-refractivity contribution in [3.63, 3.8) is 0 Å². The topological polar surface area (TPSA) is 50.1 Å². The Morgan fingerprint density at radius 2 is 1.92 bits per heavy atom. The Bertz CT molecular complexity index is 696. The number of fused-ring (bicyclic) bond motifs is 1. The molecule has 1 aromatic carbocycles. The highest BCUT2D eigenvalue weighted by Crippen LogP contribution is 2.38. The van der Waals surface area contributed by atoms with Crippen LogP contribution in [0.3, 0.4) is 0 Å². The molecule has 1 heterocycles. The maximum Gasteiger partial charge on any atom is 0.0841 e. The van der Waals surface area contributed by atoms with E-state index in [0.717, 1.165) is 35.9 Å². The summed E-state index contributed by atoms with van der Waals surface area (Å²) in [5.74, 6) is 2.00. The molecule has 0 aliphatic heterocycles. The third-order valence-corrected chi connectivity index (χ3v) is 6.20. The number of aromatic nitrogens is 2. The average molecular weight is 344 g/mol. The minimum atomic E-state index is -0.646. The first-order chi connectivity index (χ1) is 11.9. The standard InChI is InChI=1S/C21H33N3O/c1-15(2)16-9-11-17(12-10-16)21(3,25)14-22-13-19-18-7-5-6-8-20(18)24(4)23-19/h5-8,15-17,22,25H,9-14H2,1-4H3. The van der Waals surface area contributed by atoms with Gasteiger partial charge in [-0.05, 0) is 56.4 Å². The van der Waals surface area contributed by atoms with Crippen LogP contribution in [0, 0.1) is 17.8 Å². The van der Waals surface area contributed by atoms with Crippen molar-refractivity contribution < 1.29 is 5.11 Å². The second kappa shape index (κ2) is 7.46. The van der Waals surface area contributed by atoms with E-state index in [1.807, 2.05) is 24.7 Å². The highest BCUT2D eigenvalue weighted by Gasteiger charge is 2.35. The monoisotopic (exact) mass is 343 g/mol. The molecular formula is C21H33N3O. The van der Waals surface area contributed by atoms with E-state index < -0.39 is 5.60 Å². The molecule has 0 saturated heterocycles. The summed E-state index contributed by atoms with van der Waals surface area (Å²) >= 11 is 0. The third kappa shape index (κ3) is 4.06. The van der Waals surface area contributed by atoms with Gasteiger partial charge in [-0.1, -0.05) is 32.0 Å². The van der Waals surface area contributed by atoms with Crippen molar-refractivity contribution in [1.82, 2.24) is 15.1 Å². The zero-order chi connectivity index (χ0) is 18.0. The minimum Gasteiger partial charge on any atom is -0.389 e. The number of nitrogens with one attached hydrogen (secondary N) is 1. The maximum absolute atomic E-state index is 11.0. The molecule has 1 aliphatic carbocycles. The van der Waals surface area contributed by atoms with Gasteiger partial charge in [-0.3, -0.25) is 4.68 Å². The number of hydrogen-bond donors (Lipinski definition) is 2. The molecule has 0 bridgehead atoms. The van der Waals surface area contributed by atoms with Gasteiger partial charge in [0.25, 0.3) is 0 Å². The molecule has 1 atom stereocenters. The van der Waals surface area contributed by atoms with Crippen molar-refractivity contribution >= 4 is 10.9 Å². The molecule has 3 rings (SSSR count). The fourth-order valence-corrected chi connectivity index (χ4v) is 4.41. The SMILES string of the molecule is CC(C)C1CCC(C(C)(O)CNCc2nn(C)c3ccccc23)CC1. The summed E-state index contributed by atoms with van der Waals surface area (Å²) in [6.45, 7) is 7.95. The van der Waals surface area contributed by atoms with Gasteiger partial charge < -0.3 is 10.4 Å². The van der Waals surface area contributed by atoms with Crippen LogP contribution >= 0.6 is 0 Å². The molecule has 1 aliphatic rings. The van der Waals surface area contributed by atoms with Crippen LogP contribution in [-0.2, 0) is 13.6 Å². The summed E-state index contributed by atoms with van der Waals surface area (Å²) in [7, 11) is 1.98. The van der Waals surface area contributed by atoms with E-state index in [4.69, 9.17) is 0 Å². The van der Waals surface area contributed by atoms with E-state index in [9.17, 15) is 5.11 Å². The zero-order valence-electron chi connectivity index (χ0n) is 16.1. The Balaban J connectivity index is 1.55. The first kappa shape index (κ1) is 18.4. The second-order valence-corrected chi connectivity index (χ2v) is 8.40. The second-order valence-electron chi connectivity index (χ2n) is 8.40. The van der Waals surface area contributed by atoms with Gasteiger partial charge in [0.05, 0.1) is 16.8 Å². The smallest absolute Gasteiger partial charge is 0.0841 e. The Morgan fingerprint density at radius 1 is 1.24 bits per heavy atom. The number of aryl methyl sites for hydroxylation is 1. The summed E-state index contributed by atoms with van der Waals surface area (Å²) in [5.41, 5.74) is 1.56. The number of benzene rings is 1. The normalized spacial score (nSPS) is 23.9. The number of rotatable bonds is 6. The Hall–Kier alpha value is -1.39. The first-order valence-corrected chi connectivity index (χ1v) is 9.72. The van der Waals surface area contributed by atoms with E-state index in [2.05, 4.69) is 42.5 Å². The van der Waals surface area contributed by atoms with Gasteiger partial charge in [-0.2, -0.15) is 5.10 Å². The van der Waals surface area contributed by atoms with Crippen LogP contribution in [0.25, 0.3) is 10.9 Å². The largest absolute Gasteiger partial charge is 0.389 e. The van der Waals surface area contributed by atoms with E-state index >= 15 is 0 Å². The predicted octanol–water partition coefficient (Wildman–Crippen LogP) is 3.88. The number of hydrogen-bond acceptors (Lipinski definition) is 3. The van der Waals surface area contributed by atoms with Gasteiger partial charge in [0, 0.05) is 25.5 Å². The van der Waals surface area contributed by atoms with Gasteiger partial charge in [0.2, 0.25) is 0 Å². The third-order valence-electron chi connectivity index (χ3n) is 6.20. The molecule has 2 N–H and O–H groups in total. The molecule has 0 spiro atoms. The molecule has 25 heavy (non-hydrogen) atoms. The van der Waals surface area contributed by atoms with Crippen molar-refractivity contribution in [2.45, 2.75) is 58.6 Å². The van der Waals surface area contributed by atoms with Crippen molar-refractivity contribution in [2.75, 3.05) is 6.54 Å². The van der Waals surface area contributed by atoms with Crippen LogP contribution < -0.4 is 5.32 Å². The van der Waals surface area contributed by atoms with Crippen LogP contribution in [-0.4, -0.2) is 27.0 Å². The van der Waals surface area contributed by atoms with Gasteiger partial charge >= 0.3 is 0 Å². The summed E-state index contributed by atoms with van der Waals surface area (Å²) < 4.78 is 1.93. The lowest BCUT2D eigenvalue weighted by Gasteiger charge is -2.39. The molecular weight excluding hydrogens is 310 g/mol. The van der Waals surface area contributed by atoms with Crippen LogP contribution in [0.2, 0.25) is 0 Å². The number of para-hydroxylation sites is 1. The molecule has 1 fully saturated rings. The number of nitrogens with zero attached hydrogens (tertiary/aromatic N) is 2. The summed E-state index contributed by atoms with van der Waals surface area (Å²) in [6.07, 6.45) is 4.79. The molecule has 138 valence electrons. The fourth-order valence-electron chi connectivity index (χ4n) is 4.41. The Morgan fingerprint density at radius 3 is 2.60 bits per heavy atom. The van der Waals surface area contributed by atoms with E-state index in [0.29, 0.717) is 19.0 Å². The van der Waals surface area contributed by atoms with Crippen LogP contribution in [0.15, 0.2) is 24.3 Å². The summed E-state index contributed by atoms with van der Waals surface area (Å²) in [6, 6.07) is 8.30. The highest BCUT2D eigenvalue weighted by molar-refractivity contribution is 5.81. The molecule has 4 nitrogen and oxygen atoms in total. The van der Waals surface area contributed by atoms with Crippen molar-refractivity contribution in [1.29, 1.82) is 0 Å². The zero-order valence-corrected chi connectivity index (χ0v) is 16.1. The molecule has 0 radical (unpaired) electrons. The lowest BCUT2D eigenvalue weighted by atomic mass is 9.71. The maximum atomic E-state index is 11.0. The van der Waals surface area contributed by atoms with E-state index in [1.165, 1.54) is 18.2 Å². The van der Waals surface area contributed by atoms with E-state index in [1.54, 1.807) is 0 Å². The lowest BCUT2D eigenvalue weighted by Crippen LogP contribution is -2.45.